The lowest BCUT2D eigenvalue weighted by Gasteiger charge is -2.37. The van der Waals surface area contributed by atoms with Crippen molar-refractivity contribution < 1.29 is 14.2 Å². The Morgan fingerprint density at radius 1 is 1.22 bits per heavy atom. The Hall–Kier alpha value is -2.21. The number of benzene rings is 1. The first-order chi connectivity index (χ1) is 15.5. The van der Waals surface area contributed by atoms with Crippen LogP contribution in [-0.2, 0) is 16.0 Å². The van der Waals surface area contributed by atoms with Crippen molar-refractivity contribution in [2.75, 3.05) is 26.2 Å². The summed E-state index contributed by atoms with van der Waals surface area (Å²) < 4.78 is 2.27. The minimum Gasteiger partial charge on any atom is -0.344 e. The number of likely N-dealkylation sites (tertiary alicyclic amines) is 1. The number of unbranched alkanes of at least 4 members (excludes halogenated alkanes) is 3. The highest BCUT2D eigenvalue weighted by atomic mass is 16.2. The van der Waals surface area contributed by atoms with Gasteiger partial charge in [-0.05, 0) is 38.6 Å². The molecule has 0 spiro atoms. The molecule has 3 N–H and O–H groups in total. The van der Waals surface area contributed by atoms with Gasteiger partial charge in [-0.1, -0.05) is 44.9 Å². The summed E-state index contributed by atoms with van der Waals surface area (Å²) >= 11 is 0. The zero-order chi connectivity index (χ0) is 23.1. The summed E-state index contributed by atoms with van der Waals surface area (Å²) in [5, 5.41) is 3.32. The van der Waals surface area contributed by atoms with Gasteiger partial charge in [0.25, 0.3) is 5.71 Å². The summed E-state index contributed by atoms with van der Waals surface area (Å²) in [7, 11) is 0. The number of carbonyl (C=O) groups excluding carboxylic acids is 2. The maximum atomic E-state index is 13.4. The molecule has 0 aliphatic carbocycles. The van der Waals surface area contributed by atoms with Crippen LogP contribution in [-0.4, -0.2) is 59.2 Å². The van der Waals surface area contributed by atoms with Crippen LogP contribution < -0.4 is 11.1 Å². The number of fused-ring (bicyclic) bond motifs is 1. The van der Waals surface area contributed by atoms with Crippen molar-refractivity contribution in [3.8, 4) is 0 Å². The van der Waals surface area contributed by atoms with Crippen molar-refractivity contribution in [3.63, 3.8) is 0 Å². The number of rotatable bonds is 10. The number of aryl methyl sites for hydroxylation is 1. The molecule has 0 bridgehead atoms. The van der Waals surface area contributed by atoms with E-state index >= 15 is 0 Å². The Morgan fingerprint density at radius 3 is 2.75 bits per heavy atom. The number of hydrogen-bond acceptors (Lipinski definition) is 3. The number of nitrogens with one attached hydrogen (secondary N) is 1. The van der Waals surface area contributed by atoms with Gasteiger partial charge in [-0.15, -0.1) is 0 Å². The van der Waals surface area contributed by atoms with Crippen LogP contribution in [0, 0.1) is 12.8 Å². The Labute approximate surface area is 193 Å². The first-order valence-corrected chi connectivity index (χ1v) is 12.5. The van der Waals surface area contributed by atoms with Gasteiger partial charge in [0.2, 0.25) is 11.6 Å². The van der Waals surface area contributed by atoms with E-state index in [9.17, 15) is 9.59 Å². The summed E-state index contributed by atoms with van der Waals surface area (Å²) in [5.74, 6) is 0.468. The van der Waals surface area contributed by atoms with Crippen LogP contribution in [0.3, 0.4) is 0 Å². The summed E-state index contributed by atoms with van der Waals surface area (Å²) in [5.41, 5.74) is 10.1. The fourth-order valence-corrected chi connectivity index (χ4v) is 5.06. The molecule has 1 aromatic carbocycles. The van der Waals surface area contributed by atoms with E-state index in [1.165, 1.54) is 36.1 Å². The third kappa shape index (κ3) is 5.77. The predicted molar refractivity (Wildman–Crippen MR) is 129 cm³/mol. The molecular formula is C26H41N4O2+. The molecule has 6 heteroatoms. The van der Waals surface area contributed by atoms with E-state index < -0.39 is 0 Å². The summed E-state index contributed by atoms with van der Waals surface area (Å²) in [4.78, 5) is 27.7. The zero-order valence-corrected chi connectivity index (χ0v) is 20.2. The first-order valence-electron chi connectivity index (χ1n) is 12.5. The SMILES string of the molecule is CCCCCC[N+]1=C(C(=O)N[C@H]2CCN(C(=O)CCCN)C[C@H]2C)Cc2cccc(C)c21. The van der Waals surface area contributed by atoms with E-state index in [2.05, 4.69) is 48.9 Å². The monoisotopic (exact) mass is 441 g/mol. The zero-order valence-electron chi connectivity index (χ0n) is 20.2. The van der Waals surface area contributed by atoms with Crippen LogP contribution in [0.2, 0.25) is 0 Å². The maximum absolute atomic E-state index is 13.4. The van der Waals surface area contributed by atoms with Gasteiger partial charge in [-0.3, -0.25) is 9.59 Å². The van der Waals surface area contributed by atoms with Crippen LogP contribution in [0.4, 0.5) is 5.69 Å². The normalized spacial score (nSPS) is 20.4. The Bertz CT molecular complexity index is 848. The average Bonchev–Trinajstić information content (AvgIpc) is 3.16. The molecule has 2 aliphatic rings. The van der Waals surface area contributed by atoms with Gasteiger partial charge >= 0.3 is 5.91 Å². The minimum atomic E-state index is 0.0517. The molecule has 0 saturated carbocycles. The lowest BCUT2D eigenvalue weighted by Crippen LogP contribution is -2.53. The molecular weight excluding hydrogens is 400 g/mol. The van der Waals surface area contributed by atoms with E-state index in [4.69, 9.17) is 5.73 Å². The van der Waals surface area contributed by atoms with Crippen molar-refractivity contribution in [2.24, 2.45) is 11.7 Å². The van der Waals surface area contributed by atoms with Gasteiger partial charge in [-0.2, -0.15) is 4.58 Å². The topological polar surface area (TPSA) is 78.4 Å². The molecule has 1 aromatic rings. The van der Waals surface area contributed by atoms with Crippen LogP contribution in [0.25, 0.3) is 0 Å². The number of hydrogen-bond donors (Lipinski definition) is 2. The second kappa shape index (κ2) is 11.6. The Kier molecular flexibility index (Phi) is 8.85. The van der Waals surface area contributed by atoms with E-state index in [0.717, 1.165) is 31.5 Å². The van der Waals surface area contributed by atoms with Gasteiger partial charge in [0.15, 0.2) is 0 Å². The number of nitrogens with zero attached hydrogens (tertiary/aromatic N) is 2. The van der Waals surface area contributed by atoms with Crippen LogP contribution in [0.5, 0.6) is 0 Å². The standard InChI is InChI=1S/C26H40N4O2/c1-4-5-6-7-15-30-23(17-21-11-8-10-19(2)25(21)30)26(32)28-22-13-16-29(18-20(22)3)24(31)12-9-14-27/h8,10-11,20,22H,4-7,9,12-18,27H2,1-3H3/p+1/t20-,22+/m1/s1. The number of amides is 2. The van der Waals surface area contributed by atoms with Crippen molar-refractivity contribution in [1.82, 2.24) is 10.2 Å². The third-order valence-corrected chi connectivity index (χ3v) is 6.94. The molecule has 0 unspecified atom stereocenters. The van der Waals surface area contributed by atoms with Gasteiger partial charge in [0.1, 0.15) is 6.54 Å². The Balaban J connectivity index is 1.68. The highest BCUT2D eigenvalue weighted by Gasteiger charge is 2.37. The lowest BCUT2D eigenvalue weighted by molar-refractivity contribution is -0.438. The maximum Gasteiger partial charge on any atom is 0.312 e. The molecule has 2 aliphatic heterocycles. The quantitative estimate of drug-likeness (QED) is 0.432. The molecule has 32 heavy (non-hydrogen) atoms. The predicted octanol–water partition coefficient (Wildman–Crippen LogP) is 3.31. The van der Waals surface area contributed by atoms with Gasteiger partial charge < -0.3 is 16.0 Å². The molecule has 6 nitrogen and oxygen atoms in total. The molecule has 3 rings (SSSR count). The van der Waals surface area contributed by atoms with Crippen molar-refractivity contribution in [2.45, 2.75) is 78.2 Å². The lowest BCUT2D eigenvalue weighted by atomic mass is 9.93. The highest BCUT2D eigenvalue weighted by Crippen LogP contribution is 2.30. The molecule has 176 valence electrons. The molecule has 2 atom stereocenters. The highest BCUT2D eigenvalue weighted by molar-refractivity contribution is 6.38. The van der Waals surface area contributed by atoms with Gasteiger partial charge in [-0.25, -0.2) is 0 Å². The van der Waals surface area contributed by atoms with Crippen molar-refractivity contribution in [1.29, 1.82) is 0 Å². The van der Waals surface area contributed by atoms with Crippen LogP contribution in [0.1, 0.15) is 69.9 Å². The van der Waals surface area contributed by atoms with E-state index in [1.807, 2.05) is 4.90 Å². The third-order valence-electron chi connectivity index (χ3n) is 6.94. The summed E-state index contributed by atoms with van der Waals surface area (Å²) in [6.07, 6.45) is 7.47. The number of piperidine rings is 1. The first kappa shape index (κ1) is 24.4. The fraction of sp³-hybridized carbons (Fsp3) is 0.654. The molecule has 2 amide bonds. The van der Waals surface area contributed by atoms with Crippen molar-refractivity contribution in [3.05, 3.63) is 29.3 Å². The van der Waals surface area contributed by atoms with Crippen molar-refractivity contribution >= 4 is 23.2 Å². The van der Waals surface area contributed by atoms with Crippen LogP contribution >= 0.6 is 0 Å². The molecule has 1 fully saturated rings. The largest absolute Gasteiger partial charge is 0.344 e. The molecule has 2 heterocycles. The smallest absolute Gasteiger partial charge is 0.312 e. The number of nitrogens with two attached hydrogens (primary N) is 1. The van der Waals surface area contributed by atoms with Crippen LogP contribution in [0.15, 0.2) is 18.2 Å². The average molecular weight is 442 g/mol. The second-order valence-corrected chi connectivity index (χ2v) is 9.50. The summed E-state index contributed by atoms with van der Waals surface area (Å²) in [6.45, 7) is 9.33. The number of carbonyl (C=O) groups is 2. The fourth-order valence-electron chi connectivity index (χ4n) is 5.06. The van der Waals surface area contributed by atoms with E-state index in [0.29, 0.717) is 32.5 Å². The Morgan fingerprint density at radius 2 is 2.03 bits per heavy atom. The van der Waals surface area contributed by atoms with Gasteiger partial charge in [0, 0.05) is 43.1 Å². The van der Waals surface area contributed by atoms with Gasteiger partial charge in [0.05, 0.1) is 6.42 Å². The van der Waals surface area contributed by atoms with E-state index in [1.54, 1.807) is 0 Å². The molecule has 0 aromatic heterocycles. The summed E-state index contributed by atoms with van der Waals surface area (Å²) in [6, 6.07) is 6.47. The number of para-hydroxylation sites is 1. The molecule has 1 saturated heterocycles. The molecule has 0 radical (unpaired) electrons. The minimum absolute atomic E-state index is 0.0517. The second-order valence-electron chi connectivity index (χ2n) is 9.50. The van der Waals surface area contributed by atoms with E-state index in [-0.39, 0.29) is 23.8 Å².